The summed E-state index contributed by atoms with van der Waals surface area (Å²) in [4.78, 5) is 29.7. The Kier molecular flexibility index (Phi) is 5.25. The molecule has 2 heterocycles. The maximum Gasteiger partial charge on any atom is 0.332 e. The lowest BCUT2D eigenvalue weighted by Gasteiger charge is -2.09. The number of benzene rings is 1. The quantitative estimate of drug-likeness (QED) is 0.637. The van der Waals surface area contributed by atoms with Crippen LogP contribution in [-0.4, -0.2) is 32.9 Å². The number of pyridine rings is 1. The molecule has 0 spiro atoms. The summed E-state index contributed by atoms with van der Waals surface area (Å²) in [6, 6.07) is 8.69. The second-order valence-corrected chi connectivity index (χ2v) is 5.66. The van der Waals surface area contributed by atoms with Gasteiger partial charge >= 0.3 is 5.69 Å². The van der Waals surface area contributed by atoms with Crippen LogP contribution in [0, 0.1) is 0 Å². The third-order valence-corrected chi connectivity index (χ3v) is 3.81. The number of rotatable bonds is 7. The number of hydrogen-bond acceptors (Lipinski definition) is 5. The second-order valence-electron chi connectivity index (χ2n) is 5.66. The van der Waals surface area contributed by atoms with Gasteiger partial charge < -0.3 is 9.84 Å². The Hall–Kier alpha value is -2.93. The minimum absolute atomic E-state index is 0.203. The van der Waals surface area contributed by atoms with Crippen molar-refractivity contribution >= 4 is 10.9 Å². The number of H-pyrrole nitrogens is 1. The molecule has 0 amide bonds. The molecule has 3 rings (SSSR count). The number of aliphatic hydroxyl groups is 1. The first-order chi connectivity index (χ1) is 12.2. The van der Waals surface area contributed by atoms with Gasteiger partial charge in [0.05, 0.1) is 24.0 Å². The molecule has 3 aromatic rings. The lowest BCUT2D eigenvalue weighted by molar-refractivity contribution is 0.266. The minimum atomic E-state index is -0.509. The van der Waals surface area contributed by atoms with Gasteiger partial charge in [0.2, 0.25) is 0 Å². The van der Waals surface area contributed by atoms with E-state index in [2.05, 4.69) is 9.97 Å². The van der Waals surface area contributed by atoms with Crippen molar-refractivity contribution in [3.8, 4) is 11.4 Å². The van der Waals surface area contributed by atoms with E-state index in [1.807, 2.05) is 24.3 Å². The summed E-state index contributed by atoms with van der Waals surface area (Å²) in [6.45, 7) is 0.784. The minimum Gasteiger partial charge on any atom is -0.494 e. The normalized spacial score (nSPS) is 10.9. The van der Waals surface area contributed by atoms with Crippen molar-refractivity contribution in [2.24, 2.45) is 0 Å². The zero-order valence-corrected chi connectivity index (χ0v) is 13.6. The molecule has 0 saturated carbocycles. The van der Waals surface area contributed by atoms with E-state index < -0.39 is 11.2 Å². The summed E-state index contributed by atoms with van der Waals surface area (Å²) >= 11 is 0. The zero-order chi connectivity index (χ0) is 17.6. The first-order valence-corrected chi connectivity index (χ1v) is 8.13. The van der Waals surface area contributed by atoms with Crippen LogP contribution in [0.5, 0.6) is 5.75 Å². The van der Waals surface area contributed by atoms with Gasteiger partial charge in [0.15, 0.2) is 0 Å². The highest BCUT2D eigenvalue weighted by molar-refractivity contribution is 5.81. The van der Waals surface area contributed by atoms with Crippen molar-refractivity contribution < 1.29 is 9.84 Å². The number of aromatic nitrogens is 3. The average molecular weight is 341 g/mol. The van der Waals surface area contributed by atoms with Crippen LogP contribution in [0.15, 0.2) is 52.3 Å². The third-order valence-electron chi connectivity index (χ3n) is 3.81. The molecule has 0 saturated heterocycles. The van der Waals surface area contributed by atoms with Gasteiger partial charge in [-0.1, -0.05) is 0 Å². The predicted octanol–water partition coefficient (Wildman–Crippen LogP) is 1.62. The summed E-state index contributed by atoms with van der Waals surface area (Å²) in [5.74, 6) is 0.726. The van der Waals surface area contributed by atoms with Crippen LogP contribution >= 0.6 is 0 Å². The Bertz CT molecular complexity index is 978. The van der Waals surface area contributed by atoms with Gasteiger partial charge in [0.1, 0.15) is 5.75 Å². The van der Waals surface area contributed by atoms with E-state index in [4.69, 9.17) is 9.84 Å². The molecule has 0 aliphatic heterocycles. The number of nitrogens with one attached hydrogen (secondary N) is 1. The van der Waals surface area contributed by atoms with E-state index in [1.165, 1.54) is 16.8 Å². The van der Waals surface area contributed by atoms with Crippen molar-refractivity contribution in [1.82, 2.24) is 14.5 Å². The summed E-state index contributed by atoms with van der Waals surface area (Å²) in [5.41, 5.74) is 0.402. The summed E-state index contributed by atoms with van der Waals surface area (Å²) in [6.07, 6.45) is 5.58. The number of unbranched alkanes of at least 4 members (excludes halogenated alkanes) is 2. The van der Waals surface area contributed by atoms with Crippen LogP contribution in [0.3, 0.4) is 0 Å². The Morgan fingerprint density at radius 3 is 2.80 bits per heavy atom. The summed E-state index contributed by atoms with van der Waals surface area (Å²) in [5, 5.41) is 9.60. The average Bonchev–Trinajstić information content (AvgIpc) is 2.61. The SMILES string of the molecule is O=c1ccn(-c2cnc3ccc(OCCCCCO)cc3c2)c(=O)[nH]1. The topological polar surface area (TPSA) is 97.2 Å². The van der Waals surface area contributed by atoms with Crippen molar-refractivity contribution in [3.05, 3.63) is 63.6 Å². The van der Waals surface area contributed by atoms with E-state index in [1.54, 1.807) is 6.20 Å². The molecule has 0 radical (unpaired) electrons. The van der Waals surface area contributed by atoms with Crippen LogP contribution in [0.1, 0.15) is 19.3 Å². The molecule has 7 nitrogen and oxygen atoms in total. The standard InChI is InChI=1S/C18H19N3O4/c22-8-2-1-3-9-25-15-4-5-16-13(11-15)10-14(12-19-16)21-7-6-17(23)20-18(21)24/h4-7,10-12,22H,1-3,8-9H2,(H,20,23,24). The Morgan fingerprint density at radius 2 is 2.00 bits per heavy atom. The van der Waals surface area contributed by atoms with Gasteiger partial charge in [-0.3, -0.25) is 19.3 Å². The van der Waals surface area contributed by atoms with Gasteiger partial charge in [0.25, 0.3) is 5.56 Å². The lowest BCUT2D eigenvalue weighted by atomic mass is 10.2. The molecule has 0 bridgehead atoms. The Labute approximate surface area is 143 Å². The van der Waals surface area contributed by atoms with Gasteiger partial charge in [-0.2, -0.15) is 0 Å². The highest BCUT2D eigenvalue weighted by atomic mass is 16.5. The maximum absolute atomic E-state index is 11.9. The maximum atomic E-state index is 11.9. The molecule has 0 aliphatic rings. The molecule has 1 aromatic carbocycles. The molecule has 0 fully saturated rings. The molecular weight excluding hydrogens is 322 g/mol. The van der Waals surface area contributed by atoms with Gasteiger partial charge in [-0.05, 0) is 43.5 Å². The molecule has 25 heavy (non-hydrogen) atoms. The number of fused-ring (bicyclic) bond motifs is 1. The molecule has 130 valence electrons. The molecule has 7 heteroatoms. The van der Waals surface area contributed by atoms with E-state index in [9.17, 15) is 9.59 Å². The fourth-order valence-corrected chi connectivity index (χ4v) is 2.52. The molecule has 0 aliphatic carbocycles. The van der Waals surface area contributed by atoms with Gasteiger partial charge in [-0.25, -0.2) is 4.79 Å². The van der Waals surface area contributed by atoms with Crippen molar-refractivity contribution in [3.63, 3.8) is 0 Å². The molecule has 0 unspecified atom stereocenters. The fourth-order valence-electron chi connectivity index (χ4n) is 2.52. The zero-order valence-electron chi connectivity index (χ0n) is 13.6. The highest BCUT2D eigenvalue weighted by Crippen LogP contribution is 2.21. The Balaban J connectivity index is 1.83. The fraction of sp³-hybridized carbons (Fsp3) is 0.278. The van der Waals surface area contributed by atoms with E-state index in [0.717, 1.165) is 35.9 Å². The predicted molar refractivity (Wildman–Crippen MR) is 94.4 cm³/mol. The highest BCUT2D eigenvalue weighted by Gasteiger charge is 2.04. The largest absolute Gasteiger partial charge is 0.494 e. The van der Waals surface area contributed by atoms with Gasteiger partial charge in [0, 0.05) is 24.3 Å². The van der Waals surface area contributed by atoms with Crippen molar-refractivity contribution in [1.29, 1.82) is 0 Å². The first-order valence-electron chi connectivity index (χ1n) is 8.13. The number of nitrogens with zero attached hydrogens (tertiary/aromatic N) is 2. The van der Waals surface area contributed by atoms with E-state index >= 15 is 0 Å². The number of hydrogen-bond donors (Lipinski definition) is 2. The van der Waals surface area contributed by atoms with Crippen LogP contribution in [-0.2, 0) is 0 Å². The van der Waals surface area contributed by atoms with Crippen LogP contribution in [0.2, 0.25) is 0 Å². The summed E-state index contributed by atoms with van der Waals surface area (Å²) < 4.78 is 7.05. The van der Waals surface area contributed by atoms with E-state index in [0.29, 0.717) is 12.3 Å². The lowest BCUT2D eigenvalue weighted by Crippen LogP contribution is -2.27. The molecule has 2 aromatic heterocycles. The molecular formula is C18H19N3O4. The number of aliphatic hydroxyl groups excluding tert-OH is 1. The van der Waals surface area contributed by atoms with Crippen molar-refractivity contribution in [2.45, 2.75) is 19.3 Å². The molecule has 2 N–H and O–H groups in total. The monoisotopic (exact) mass is 341 g/mol. The first kappa shape index (κ1) is 16.9. The Morgan fingerprint density at radius 1 is 1.12 bits per heavy atom. The number of aromatic amines is 1. The molecule has 0 atom stereocenters. The summed E-state index contributed by atoms with van der Waals surface area (Å²) in [7, 11) is 0. The third kappa shape index (κ3) is 4.13. The van der Waals surface area contributed by atoms with Crippen molar-refractivity contribution in [2.75, 3.05) is 13.2 Å². The van der Waals surface area contributed by atoms with Crippen LogP contribution in [0.25, 0.3) is 16.6 Å². The van der Waals surface area contributed by atoms with Crippen LogP contribution < -0.4 is 16.0 Å². The number of ether oxygens (including phenoxy) is 1. The second kappa shape index (κ2) is 7.76. The van der Waals surface area contributed by atoms with Gasteiger partial charge in [-0.15, -0.1) is 0 Å². The van der Waals surface area contributed by atoms with E-state index in [-0.39, 0.29) is 6.61 Å². The van der Waals surface area contributed by atoms with Crippen LogP contribution in [0.4, 0.5) is 0 Å². The smallest absolute Gasteiger partial charge is 0.332 e.